The molecule has 1 spiro atoms. The Bertz CT molecular complexity index is 259. The number of ether oxygens (including phenoxy) is 1. The first kappa shape index (κ1) is 12.9. The second kappa shape index (κ2) is 5.89. The van der Waals surface area contributed by atoms with Crippen LogP contribution >= 0.6 is 0 Å². The first-order valence-corrected chi connectivity index (χ1v) is 7.96. The summed E-state index contributed by atoms with van der Waals surface area (Å²) in [6.07, 6.45) is 10.6. The van der Waals surface area contributed by atoms with Gasteiger partial charge >= 0.3 is 0 Å². The van der Waals surface area contributed by atoms with E-state index in [1.54, 1.807) is 0 Å². The molecule has 2 saturated heterocycles. The van der Waals surface area contributed by atoms with Gasteiger partial charge in [0.05, 0.1) is 5.60 Å². The van der Waals surface area contributed by atoms with Gasteiger partial charge in [-0.1, -0.05) is 0 Å². The van der Waals surface area contributed by atoms with Crippen molar-refractivity contribution in [1.29, 1.82) is 0 Å². The van der Waals surface area contributed by atoms with E-state index in [0.29, 0.717) is 5.60 Å². The first-order valence-electron chi connectivity index (χ1n) is 7.96. The number of hydrogen-bond acceptors (Lipinski definition) is 3. The number of nitrogens with zero attached hydrogens (tertiary/aromatic N) is 1. The van der Waals surface area contributed by atoms with Gasteiger partial charge in [0, 0.05) is 12.6 Å². The average molecular weight is 252 g/mol. The molecule has 2 aliphatic heterocycles. The van der Waals surface area contributed by atoms with Gasteiger partial charge < -0.3 is 15.0 Å². The van der Waals surface area contributed by atoms with E-state index in [-0.39, 0.29) is 0 Å². The maximum atomic E-state index is 5.97. The zero-order valence-corrected chi connectivity index (χ0v) is 11.6. The monoisotopic (exact) mass is 252 g/mol. The molecule has 0 aromatic heterocycles. The van der Waals surface area contributed by atoms with Crippen LogP contribution in [0.5, 0.6) is 0 Å². The summed E-state index contributed by atoms with van der Waals surface area (Å²) in [5.41, 5.74) is 0.296. The van der Waals surface area contributed by atoms with Crippen LogP contribution in [0.3, 0.4) is 0 Å². The van der Waals surface area contributed by atoms with Crippen LogP contribution in [0.4, 0.5) is 0 Å². The molecule has 18 heavy (non-hydrogen) atoms. The Labute approximate surface area is 111 Å². The minimum Gasteiger partial charge on any atom is -0.375 e. The zero-order chi connectivity index (χ0) is 12.3. The van der Waals surface area contributed by atoms with E-state index in [0.717, 1.165) is 12.6 Å². The third-order valence-electron chi connectivity index (χ3n) is 5.04. The highest BCUT2D eigenvalue weighted by molar-refractivity contribution is 4.95. The molecule has 3 fully saturated rings. The Hall–Kier alpha value is -0.120. The summed E-state index contributed by atoms with van der Waals surface area (Å²) in [7, 11) is 0. The highest BCUT2D eigenvalue weighted by Crippen LogP contribution is 2.42. The van der Waals surface area contributed by atoms with Gasteiger partial charge in [0.25, 0.3) is 0 Å². The van der Waals surface area contributed by atoms with Gasteiger partial charge in [-0.2, -0.15) is 0 Å². The summed E-state index contributed by atoms with van der Waals surface area (Å²) in [5.74, 6) is 0. The van der Waals surface area contributed by atoms with E-state index in [1.807, 2.05) is 0 Å². The van der Waals surface area contributed by atoms with E-state index in [9.17, 15) is 0 Å². The van der Waals surface area contributed by atoms with Gasteiger partial charge in [-0.05, 0) is 77.5 Å². The molecule has 0 radical (unpaired) electrons. The molecular formula is C15H28N2O. The largest absolute Gasteiger partial charge is 0.375 e. The van der Waals surface area contributed by atoms with Gasteiger partial charge in [0.2, 0.25) is 0 Å². The van der Waals surface area contributed by atoms with Gasteiger partial charge in [-0.15, -0.1) is 0 Å². The van der Waals surface area contributed by atoms with Crippen molar-refractivity contribution in [3.8, 4) is 0 Å². The van der Waals surface area contributed by atoms with Crippen LogP contribution in [0.1, 0.15) is 51.4 Å². The van der Waals surface area contributed by atoms with Gasteiger partial charge in [0.1, 0.15) is 0 Å². The van der Waals surface area contributed by atoms with Crippen molar-refractivity contribution in [3.05, 3.63) is 0 Å². The average Bonchev–Trinajstić information content (AvgIpc) is 2.86. The second-order valence-corrected chi connectivity index (χ2v) is 6.43. The van der Waals surface area contributed by atoms with Crippen LogP contribution in [-0.2, 0) is 4.74 Å². The van der Waals surface area contributed by atoms with Gasteiger partial charge in [0.15, 0.2) is 0 Å². The van der Waals surface area contributed by atoms with Crippen LogP contribution < -0.4 is 5.32 Å². The highest BCUT2D eigenvalue weighted by Gasteiger charge is 2.42. The van der Waals surface area contributed by atoms with Crippen LogP contribution in [0.15, 0.2) is 0 Å². The minimum atomic E-state index is 0.296. The third-order valence-corrected chi connectivity index (χ3v) is 5.04. The molecule has 104 valence electrons. The van der Waals surface area contributed by atoms with E-state index < -0.39 is 0 Å². The predicted octanol–water partition coefficient (Wildman–Crippen LogP) is 2.16. The van der Waals surface area contributed by atoms with Crippen molar-refractivity contribution < 1.29 is 4.74 Å². The Morgan fingerprint density at radius 1 is 1.17 bits per heavy atom. The topological polar surface area (TPSA) is 24.5 Å². The van der Waals surface area contributed by atoms with Crippen LogP contribution in [-0.4, -0.2) is 49.3 Å². The summed E-state index contributed by atoms with van der Waals surface area (Å²) in [4.78, 5) is 2.61. The molecule has 3 nitrogen and oxygen atoms in total. The zero-order valence-electron chi connectivity index (χ0n) is 11.6. The summed E-state index contributed by atoms with van der Waals surface area (Å²) < 4.78 is 5.97. The highest BCUT2D eigenvalue weighted by atomic mass is 16.5. The van der Waals surface area contributed by atoms with Crippen molar-refractivity contribution in [2.24, 2.45) is 0 Å². The Morgan fingerprint density at radius 2 is 2.00 bits per heavy atom. The standard InChI is InChI=1S/C15H28N2O/c1-2-10-17(9-1)11-4-8-16-14-5-12-18-15(13-14)6-3-7-15/h14,16H,1-13H2. The number of rotatable bonds is 5. The molecule has 1 atom stereocenters. The Balaban J connectivity index is 1.30. The maximum absolute atomic E-state index is 5.97. The molecule has 3 aliphatic rings. The smallest absolute Gasteiger partial charge is 0.0697 e. The summed E-state index contributed by atoms with van der Waals surface area (Å²) in [6, 6.07) is 0.720. The molecule has 1 N–H and O–H groups in total. The first-order chi connectivity index (χ1) is 8.86. The molecule has 2 heterocycles. The van der Waals surface area contributed by atoms with Crippen LogP contribution in [0, 0.1) is 0 Å². The molecular weight excluding hydrogens is 224 g/mol. The number of likely N-dealkylation sites (tertiary alicyclic amines) is 1. The summed E-state index contributed by atoms with van der Waals surface area (Å²) in [6.45, 7) is 6.13. The minimum absolute atomic E-state index is 0.296. The molecule has 0 aromatic carbocycles. The second-order valence-electron chi connectivity index (χ2n) is 6.43. The van der Waals surface area contributed by atoms with E-state index in [1.165, 1.54) is 77.5 Å². The molecule has 3 rings (SSSR count). The van der Waals surface area contributed by atoms with Crippen molar-refractivity contribution in [3.63, 3.8) is 0 Å². The molecule has 0 amide bonds. The lowest BCUT2D eigenvalue weighted by Gasteiger charge is -2.47. The summed E-state index contributed by atoms with van der Waals surface area (Å²) >= 11 is 0. The quantitative estimate of drug-likeness (QED) is 0.759. The lowest BCUT2D eigenvalue weighted by Crippen LogP contribution is -2.51. The molecule has 0 bridgehead atoms. The molecule has 1 aliphatic carbocycles. The molecule has 1 saturated carbocycles. The van der Waals surface area contributed by atoms with Crippen molar-refractivity contribution in [1.82, 2.24) is 10.2 Å². The Morgan fingerprint density at radius 3 is 2.72 bits per heavy atom. The van der Waals surface area contributed by atoms with Crippen LogP contribution in [0.25, 0.3) is 0 Å². The fourth-order valence-electron chi connectivity index (χ4n) is 3.74. The summed E-state index contributed by atoms with van der Waals surface area (Å²) in [5, 5.41) is 3.76. The molecule has 1 unspecified atom stereocenters. The van der Waals surface area contributed by atoms with E-state index in [4.69, 9.17) is 4.74 Å². The van der Waals surface area contributed by atoms with Crippen molar-refractivity contribution in [2.75, 3.05) is 32.8 Å². The van der Waals surface area contributed by atoms with E-state index >= 15 is 0 Å². The maximum Gasteiger partial charge on any atom is 0.0697 e. The van der Waals surface area contributed by atoms with Gasteiger partial charge in [-0.25, -0.2) is 0 Å². The molecule has 3 heteroatoms. The van der Waals surface area contributed by atoms with Gasteiger partial charge in [-0.3, -0.25) is 0 Å². The van der Waals surface area contributed by atoms with Crippen molar-refractivity contribution >= 4 is 0 Å². The SMILES string of the molecule is C1CCN(CCCNC2CCOC3(CCC3)C2)C1. The number of hydrogen-bond donors (Lipinski definition) is 1. The predicted molar refractivity (Wildman–Crippen MR) is 73.8 cm³/mol. The fraction of sp³-hybridized carbons (Fsp3) is 1.00. The lowest BCUT2D eigenvalue weighted by atomic mass is 9.74. The van der Waals surface area contributed by atoms with Crippen molar-refractivity contribution in [2.45, 2.75) is 63.0 Å². The van der Waals surface area contributed by atoms with Crippen LogP contribution in [0.2, 0.25) is 0 Å². The normalized spacial score (nSPS) is 31.7. The number of nitrogens with one attached hydrogen (secondary N) is 1. The third kappa shape index (κ3) is 3.06. The van der Waals surface area contributed by atoms with E-state index in [2.05, 4.69) is 10.2 Å². The molecule has 0 aromatic rings. The lowest BCUT2D eigenvalue weighted by molar-refractivity contribution is -0.135. The Kier molecular flexibility index (Phi) is 4.22. The fourth-order valence-corrected chi connectivity index (χ4v) is 3.74.